The minimum Gasteiger partial charge on any atom is -0.324 e. The molecule has 0 aliphatic heterocycles. The smallest absolute Gasteiger partial charge is 0.238 e. The number of rotatable bonds is 6. The Morgan fingerprint density at radius 2 is 1.78 bits per heavy atom. The molecule has 0 radical (unpaired) electrons. The molecule has 0 bridgehead atoms. The monoisotopic (exact) mass is 330 g/mol. The number of hydrogen-bond donors (Lipinski definition) is 1. The fourth-order valence-electron chi connectivity index (χ4n) is 2.57. The largest absolute Gasteiger partial charge is 0.324 e. The number of carbonyl (C=O) groups is 1. The van der Waals surface area contributed by atoms with Crippen LogP contribution in [0.15, 0.2) is 42.5 Å². The third-order valence-corrected chi connectivity index (χ3v) is 4.09. The lowest BCUT2D eigenvalue weighted by Gasteiger charge is -2.21. The van der Waals surface area contributed by atoms with E-state index in [-0.39, 0.29) is 5.91 Å². The standard InChI is InChI=1S/C19H23ClN2O/c1-4-22(12-16-9-6-10-17(20)11-16)13-18(23)21-19-14(2)7-5-8-15(19)3/h5-11H,4,12-13H2,1-3H3,(H,21,23). The molecule has 2 rings (SSSR count). The second-order valence-corrected chi connectivity index (χ2v) is 6.18. The van der Waals surface area contributed by atoms with Gasteiger partial charge in [-0.15, -0.1) is 0 Å². The lowest BCUT2D eigenvalue weighted by atomic mass is 10.1. The minimum atomic E-state index is 0.00581. The fourth-order valence-corrected chi connectivity index (χ4v) is 2.78. The first-order valence-electron chi connectivity index (χ1n) is 7.82. The van der Waals surface area contributed by atoms with Crippen molar-refractivity contribution in [3.05, 3.63) is 64.2 Å². The number of hydrogen-bond acceptors (Lipinski definition) is 2. The van der Waals surface area contributed by atoms with E-state index >= 15 is 0 Å². The van der Waals surface area contributed by atoms with E-state index in [1.807, 2.05) is 56.3 Å². The number of aryl methyl sites for hydroxylation is 2. The molecule has 0 saturated carbocycles. The van der Waals surface area contributed by atoms with Gasteiger partial charge in [0.25, 0.3) is 0 Å². The van der Waals surface area contributed by atoms with E-state index in [1.165, 1.54) is 0 Å². The van der Waals surface area contributed by atoms with Crippen LogP contribution in [0.5, 0.6) is 0 Å². The fraction of sp³-hybridized carbons (Fsp3) is 0.316. The van der Waals surface area contributed by atoms with E-state index in [0.717, 1.165) is 33.9 Å². The molecule has 3 nitrogen and oxygen atoms in total. The summed E-state index contributed by atoms with van der Waals surface area (Å²) in [5.74, 6) is 0.00581. The van der Waals surface area contributed by atoms with Crippen molar-refractivity contribution in [2.75, 3.05) is 18.4 Å². The van der Waals surface area contributed by atoms with Gasteiger partial charge in [0.05, 0.1) is 6.54 Å². The van der Waals surface area contributed by atoms with Gasteiger partial charge in [0.1, 0.15) is 0 Å². The van der Waals surface area contributed by atoms with Gasteiger partial charge in [-0.1, -0.05) is 48.9 Å². The van der Waals surface area contributed by atoms with Crippen molar-refractivity contribution in [1.82, 2.24) is 4.90 Å². The zero-order valence-electron chi connectivity index (χ0n) is 13.9. The quantitative estimate of drug-likeness (QED) is 0.850. The van der Waals surface area contributed by atoms with Gasteiger partial charge in [-0.3, -0.25) is 9.69 Å². The third kappa shape index (κ3) is 5.08. The number of carbonyl (C=O) groups excluding carboxylic acids is 1. The van der Waals surface area contributed by atoms with Crippen LogP contribution in [0.25, 0.3) is 0 Å². The highest BCUT2D eigenvalue weighted by atomic mass is 35.5. The summed E-state index contributed by atoms with van der Waals surface area (Å²) in [5, 5.41) is 3.75. The first-order chi connectivity index (χ1) is 11.0. The molecule has 2 aromatic carbocycles. The molecule has 0 heterocycles. The highest BCUT2D eigenvalue weighted by Crippen LogP contribution is 2.19. The van der Waals surface area contributed by atoms with Crippen LogP contribution in [0, 0.1) is 13.8 Å². The molecule has 23 heavy (non-hydrogen) atoms. The van der Waals surface area contributed by atoms with Gasteiger partial charge in [0.15, 0.2) is 0 Å². The van der Waals surface area contributed by atoms with Gasteiger partial charge in [-0.05, 0) is 49.2 Å². The summed E-state index contributed by atoms with van der Waals surface area (Å²) in [6.07, 6.45) is 0. The van der Waals surface area contributed by atoms with Crippen molar-refractivity contribution in [2.45, 2.75) is 27.3 Å². The van der Waals surface area contributed by atoms with Crippen LogP contribution in [-0.2, 0) is 11.3 Å². The minimum absolute atomic E-state index is 0.00581. The number of para-hydroxylation sites is 1. The summed E-state index contributed by atoms with van der Waals surface area (Å²) in [4.78, 5) is 14.5. The summed E-state index contributed by atoms with van der Waals surface area (Å²) in [5.41, 5.74) is 4.18. The van der Waals surface area contributed by atoms with E-state index < -0.39 is 0 Å². The number of amides is 1. The molecule has 0 spiro atoms. The predicted molar refractivity (Wildman–Crippen MR) is 96.9 cm³/mol. The zero-order chi connectivity index (χ0) is 16.8. The lowest BCUT2D eigenvalue weighted by molar-refractivity contribution is -0.117. The number of halogens is 1. The average molecular weight is 331 g/mol. The summed E-state index contributed by atoms with van der Waals surface area (Å²) < 4.78 is 0. The zero-order valence-corrected chi connectivity index (χ0v) is 14.7. The van der Waals surface area contributed by atoms with Crippen LogP contribution < -0.4 is 5.32 Å². The first kappa shape index (κ1) is 17.5. The van der Waals surface area contributed by atoms with Crippen LogP contribution in [0.3, 0.4) is 0 Å². The Bertz CT molecular complexity index is 665. The van der Waals surface area contributed by atoms with Crippen molar-refractivity contribution in [3.8, 4) is 0 Å². The molecule has 0 aromatic heterocycles. The number of nitrogens with zero attached hydrogens (tertiary/aromatic N) is 1. The van der Waals surface area contributed by atoms with E-state index in [0.29, 0.717) is 13.1 Å². The van der Waals surface area contributed by atoms with Gasteiger partial charge in [-0.25, -0.2) is 0 Å². The second-order valence-electron chi connectivity index (χ2n) is 5.75. The number of nitrogens with one attached hydrogen (secondary N) is 1. The Hall–Kier alpha value is -1.84. The van der Waals surface area contributed by atoms with E-state index in [1.54, 1.807) is 0 Å². The van der Waals surface area contributed by atoms with Crippen LogP contribution in [-0.4, -0.2) is 23.9 Å². The van der Waals surface area contributed by atoms with Crippen LogP contribution in [0.1, 0.15) is 23.6 Å². The molecule has 122 valence electrons. The molecule has 1 amide bonds. The van der Waals surface area contributed by atoms with Crippen LogP contribution in [0.2, 0.25) is 5.02 Å². The molecular formula is C19H23ClN2O. The summed E-state index contributed by atoms with van der Waals surface area (Å²) in [6, 6.07) is 13.8. The van der Waals surface area contributed by atoms with Gasteiger partial charge < -0.3 is 5.32 Å². The Balaban J connectivity index is 2.00. The van der Waals surface area contributed by atoms with Gasteiger partial charge in [0.2, 0.25) is 5.91 Å². The SMILES string of the molecule is CCN(CC(=O)Nc1c(C)cccc1C)Cc1cccc(Cl)c1. The van der Waals surface area contributed by atoms with Crippen molar-refractivity contribution in [1.29, 1.82) is 0 Å². The lowest BCUT2D eigenvalue weighted by Crippen LogP contribution is -2.33. The maximum Gasteiger partial charge on any atom is 0.238 e. The molecule has 2 aromatic rings. The van der Waals surface area contributed by atoms with Gasteiger partial charge in [0, 0.05) is 17.3 Å². The predicted octanol–water partition coefficient (Wildman–Crippen LogP) is 4.42. The average Bonchev–Trinajstić information content (AvgIpc) is 2.50. The maximum absolute atomic E-state index is 12.4. The van der Waals surface area contributed by atoms with E-state index in [2.05, 4.69) is 17.1 Å². The molecule has 0 aliphatic rings. The Kier molecular flexibility index (Phi) is 6.20. The molecular weight excluding hydrogens is 308 g/mol. The topological polar surface area (TPSA) is 32.3 Å². The van der Waals surface area contributed by atoms with Crippen molar-refractivity contribution in [3.63, 3.8) is 0 Å². The van der Waals surface area contributed by atoms with Crippen molar-refractivity contribution < 1.29 is 4.79 Å². The highest BCUT2D eigenvalue weighted by Gasteiger charge is 2.12. The van der Waals surface area contributed by atoms with Crippen LogP contribution >= 0.6 is 11.6 Å². The third-order valence-electron chi connectivity index (χ3n) is 3.86. The molecule has 0 unspecified atom stereocenters. The molecule has 0 aliphatic carbocycles. The first-order valence-corrected chi connectivity index (χ1v) is 8.20. The van der Waals surface area contributed by atoms with Crippen molar-refractivity contribution >= 4 is 23.2 Å². The molecule has 0 saturated heterocycles. The molecule has 4 heteroatoms. The van der Waals surface area contributed by atoms with Gasteiger partial charge >= 0.3 is 0 Å². The maximum atomic E-state index is 12.4. The molecule has 1 N–H and O–H groups in total. The van der Waals surface area contributed by atoms with Crippen molar-refractivity contribution in [2.24, 2.45) is 0 Å². The van der Waals surface area contributed by atoms with Gasteiger partial charge in [-0.2, -0.15) is 0 Å². The summed E-state index contributed by atoms with van der Waals surface area (Å²) >= 11 is 6.02. The Labute approximate surface area is 143 Å². The number of anilines is 1. The number of benzene rings is 2. The van der Waals surface area contributed by atoms with E-state index in [9.17, 15) is 4.79 Å². The normalized spacial score (nSPS) is 10.8. The second kappa shape index (κ2) is 8.14. The Morgan fingerprint density at radius 3 is 2.39 bits per heavy atom. The summed E-state index contributed by atoms with van der Waals surface area (Å²) in [6.45, 7) is 7.93. The molecule has 0 fully saturated rings. The summed E-state index contributed by atoms with van der Waals surface area (Å²) in [7, 11) is 0. The molecule has 0 atom stereocenters. The highest BCUT2D eigenvalue weighted by molar-refractivity contribution is 6.30. The Morgan fingerprint density at radius 1 is 1.13 bits per heavy atom. The number of likely N-dealkylation sites (N-methyl/N-ethyl adjacent to an activating group) is 1. The van der Waals surface area contributed by atoms with Crippen LogP contribution in [0.4, 0.5) is 5.69 Å². The van der Waals surface area contributed by atoms with E-state index in [4.69, 9.17) is 11.6 Å².